The molecule has 0 aromatic heterocycles. The number of nitrogens with one attached hydrogen (secondary N) is 1. The standard InChI is InChI=1S/C16H24N2O2S/c1-5-21-10-11(2)18-15(17-12(3)16(18)19)13-8-6-7-9-14(13)20-4/h6-9,11-12,15,17H,5,10H2,1-4H3. The number of carbonyl (C=O) groups excluding carboxylic acids is 1. The van der Waals surface area contributed by atoms with Gasteiger partial charge in [0.25, 0.3) is 0 Å². The number of hydrogen-bond donors (Lipinski definition) is 1. The summed E-state index contributed by atoms with van der Waals surface area (Å²) in [6.45, 7) is 6.18. The van der Waals surface area contributed by atoms with Gasteiger partial charge in [0.15, 0.2) is 0 Å². The van der Waals surface area contributed by atoms with Crippen LogP contribution in [0.3, 0.4) is 0 Å². The molecule has 2 rings (SSSR count). The van der Waals surface area contributed by atoms with Gasteiger partial charge in [0.1, 0.15) is 11.9 Å². The molecule has 1 aliphatic heterocycles. The molecule has 5 heteroatoms. The lowest BCUT2D eigenvalue weighted by atomic mass is 10.1. The number of nitrogens with zero attached hydrogens (tertiary/aromatic N) is 1. The average Bonchev–Trinajstić information content (AvgIpc) is 2.80. The van der Waals surface area contributed by atoms with E-state index in [1.807, 2.05) is 47.9 Å². The topological polar surface area (TPSA) is 41.6 Å². The van der Waals surface area contributed by atoms with Crippen molar-refractivity contribution in [1.29, 1.82) is 0 Å². The number of rotatable bonds is 6. The second kappa shape index (κ2) is 7.18. The Balaban J connectivity index is 2.29. The zero-order valence-electron chi connectivity index (χ0n) is 13.1. The zero-order valence-corrected chi connectivity index (χ0v) is 13.9. The van der Waals surface area contributed by atoms with E-state index >= 15 is 0 Å². The lowest BCUT2D eigenvalue weighted by molar-refractivity contribution is -0.131. The van der Waals surface area contributed by atoms with Crippen LogP contribution in [0, 0.1) is 0 Å². The van der Waals surface area contributed by atoms with Crippen LogP contribution in [0.2, 0.25) is 0 Å². The quantitative estimate of drug-likeness (QED) is 0.877. The highest BCUT2D eigenvalue weighted by molar-refractivity contribution is 7.99. The van der Waals surface area contributed by atoms with E-state index in [1.165, 1.54) is 0 Å². The third-order valence-electron chi connectivity index (χ3n) is 3.78. The Hall–Kier alpha value is -1.20. The van der Waals surface area contributed by atoms with E-state index in [0.717, 1.165) is 22.8 Å². The molecule has 4 nitrogen and oxygen atoms in total. The van der Waals surface area contributed by atoms with E-state index in [2.05, 4.69) is 19.2 Å². The van der Waals surface area contributed by atoms with Gasteiger partial charge in [0, 0.05) is 17.4 Å². The highest BCUT2D eigenvalue weighted by Gasteiger charge is 2.40. The van der Waals surface area contributed by atoms with Gasteiger partial charge in [0.05, 0.1) is 13.2 Å². The van der Waals surface area contributed by atoms with Crippen LogP contribution < -0.4 is 10.1 Å². The minimum absolute atomic E-state index is 0.115. The van der Waals surface area contributed by atoms with E-state index in [9.17, 15) is 4.79 Å². The van der Waals surface area contributed by atoms with Crippen molar-refractivity contribution in [2.24, 2.45) is 0 Å². The molecule has 1 amide bonds. The summed E-state index contributed by atoms with van der Waals surface area (Å²) >= 11 is 1.86. The first-order chi connectivity index (χ1) is 10.1. The van der Waals surface area contributed by atoms with E-state index in [-0.39, 0.29) is 24.2 Å². The molecular formula is C16H24N2O2S. The van der Waals surface area contributed by atoms with Crippen LogP contribution in [-0.4, -0.2) is 41.5 Å². The molecule has 1 fully saturated rings. The minimum Gasteiger partial charge on any atom is -0.496 e. The number of carbonyl (C=O) groups is 1. The monoisotopic (exact) mass is 308 g/mol. The van der Waals surface area contributed by atoms with E-state index in [1.54, 1.807) is 7.11 Å². The lowest BCUT2D eigenvalue weighted by Gasteiger charge is -2.31. The number of amides is 1. The van der Waals surface area contributed by atoms with Crippen LogP contribution in [0.25, 0.3) is 0 Å². The largest absolute Gasteiger partial charge is 0.496 e. The van der Waals surface area contributed by atoms with Crippen molar-refractivity contribution >= 4 is 17.7 Å². The normalized spacial score (nSPS) is 23.4. The fourth-order valence-electron chi connectivity index (χ4n) is 2.71. The number of para-hydroxylation sites is 1. The summed E-state index contributed by atoms with van der Waals surface area (Å²) in [5.74, 6) is 2.99. The van der Waals surface area contributed by atoms with Gasteiger partial charge in [-0.1, -0.05) is 25.1 Å². The van der Waals surface area contributed by atoms with Crippen LogP contribution in [0.5, 0.6) is 5.75 Å². The van der Waals surface area contributed by atoms with Crippen LogP contribution in [0.4, 0.5) is 0 Å². The molecule has 1 aliphatic rings. The van der Waals surface area contributed by atoms with E-state index in [4.69, 9.17) is 4.74 Å². The molecule has 21 heavy (non-hydrogen) atoms. The fraction of sp³-hybridized carbons (Fsp3) is 0.562. The smallest absolute Gasteiger partial charge is 0.241 e. The number of benzene rings is 1. The van der Waals surface area contributed by atoms with Gasteiger partial charge in [0.2, 0.25) is 5.91 Å². The number of hydrogen-bond acceptors (Lipinski definition) is 4. The van der Waals surface area contributed by atoms with Gasteiger partial charge in [-0.15, -0.1) is 0 Å². The van der Waals surface area contributed by atoms with Gasteiger partial charge < -0.3 is 9.64 Å². The third-order valence-corrected chi connectivity index (χ3v) is 4.91. The second-order valence-electron chi connectivity index (χ2n) is 5.29. The van der Waals surface area contributed by atoms with Gasteiger partial charge in [-0.2, -0.15) is 11.8 Å². The molecule has 1 heterocycles. The van der Waals surface area contributed by atoms with Crippen molar-refractivity contribution in [3.05, 3.63) is 29.8 Å². The summed E-state index contributed by atoms with van der Waals surface area (Å²) in [6, 6.07) is 7.92. The van der Waals surface area contributed by atoms with Crippen LogP contribution >= 0.6 is 11.8 Å². The van der Waals surface area contributed by atoms with Crippen molar-refractivity contribution in [3.8, 4) is 5.75 Å². The predicted octanol–water partition coefficient (Wildman–Crippen LogP) is 2.66. The zero-order chi connectivity index (χ0) is 15.4. The second-order valence-corrected chi connectivity index (χ2v) is 6.61. The molecular weight excluding hydrogens is 284 g/mol. The first-order valence-corrected chi connectivity index (χ1v) is 8.54. The summed E-state index contributed by atoms with van der Waals surface area (Å²) in [7, 11) is 1.67. The highest BCUT2D eigenvalue weighted by atomic mass is 32.2. The molecule has 3 atom stereocenters. The molecule has 1 aromatic rings. The summed E-state index contributed by atoms with van der Waals surface area (Å²) in [4.78, 5) is 14.5. The molecule has 1 saturated heterocycles. The van der Waals surface area contributed by atoms with Gasteiger partial charge >= 0.3 is 0 Å². The Morgan fingerprint density at radius 2 is 2.14 bits per heavy atom. The first kappa shape index (κ1) is 16.2. The SMILES string of the molecule is CCSCC(C)N1C(=O)C(C)NC1c1ccccc1OC. The van der Waals surface area contributed by atoms with Crippen molar-refractivity contribution in [2.45, 2.75) is 39.0 Å². The first-order valence-electron chi connectivity index (χ1n) is 7.39. The van der Waals surface area contributed by atoms with E-state index in [0.29, 0.717) is 0 Å². The molecule has 0 spiro atoms. The summed E-state index contributed by atoms with van der Waals surface area (Å²) in [5, 5.41) is 3.39. The van der Waals surface area contributed by atoms with Gasteiger partial charge in [-0.3, -0.25) is 10.1 Å². The van der Waals surface area contributed by atoms with Crippen molar-refractivity contribution in [1.82, 2.24) is 10.2 Å². The van der Waals surface area contributed by atoms with Crippen molar-refractivity contribution < 1.29 is 9.53 Å². The lowest BCUT2D eigenvalue weighted by Crippen LogP contribution is -2.39. The maximum atomic E-state index is 12.5. The molecule has 0 radical (unpaired) electrons. The molecule has 1 aromatic carbocycles. The Bertz CT molecular complexity index is 495. The molecule has 0 saturated carbocycles. The van der Waals surface area contributed by atoms with Crippen LogP contribution in [0.15, 0.2) is 24.3 Å². The van der Waals surface area contributed by atoms with Gasteiger partial charge in [-0.25, -0.2) is 0 Å². The fourth-order valence-corrected chi connectivity index (χ4v) is 3.45. The number of ether oxygens (including phenoxy) is 1. The molecule has 116 valence electrons. The molecule has 0 bridgehead atoms. The Kier molecular flexibility index (Phi) is 5.53. The van der Waals surface area contributed by atoms with Crippen LogP contribution in [-0.2, 0) is 4.79 Å². The number of methoxy groups -OCH3 is 1. The minimum atomic E-state index is -0.158. The van der Waals surface area contributed by atoms with E-state index < -0.39 is 0 Å². The Labute approximate surface area is 131 Å². The molecule has 3 unspecified atom stereocenters. The maximum Gasteiger partial charge on any atom is 0.241 e. The van der Waals surface area contributed by atoms with Crippen LogP contribution in [0.1, 0.15) is 32.5 Å². The van der Waals surface area contributed by atoms with Crippen molar-refractivity contribution in [2.75, 3.05) is 18.6 Å². The average molecular weight is 308 g/mol. The molecule has 1 N–H and O–H groups in total. The number of thioether (sulfide) groups is 1. The Morgan fingerprint density at radius 3 is 2.81 bits per heavy atom. The highest BCUT2D eigenvalue weighted by Crippen LogP contribution is 2.33. The Morgan fingerprint density at radius 1 is 1.43 bits per heavy atom. The summed E-state index contributed by atoms with van der Waals surface area (Å²) in [5.41, 5.74) is 1.02. The van der Waals surface area contributed by atoms with Gasteiger partial charge in [-0.05, 0) is 25.7 Å². The third kappa shape index (κ3) is 3.35. The maximum absolute atomic E-state index is 12.5. The van der Waals surface area contributed by atoms with Crippen molar-refractivity contribution in [3.63, 3.8) is 0 Å². The molecule has 0 aliphatic carbocycles. The predicted molar refractivity (Wildman–Crippen MR) is 87.6 cm³/mol. The summed E-state index contributed by atoms with van der Waals surface area (Å²) in [6.07, 6.45) is -0.115. The summed E-state index contributed by atoms with van der Waals surface area (Å²) < 4.78 is 5.45.